The lowest BCUT2D eigenvalue weighted by atomic mass is 10.1. The van der Waals surface area contributed by atoms with Crippen molar-refractivity contribution in [3.63, 3.8) is 0 Å². The van der Waals surface area contributed by atoms with Crippen LogP contribution in [0.4, 0.5) is 0 Å². The number of hydrogen-bond donors (Lipinski definition) is 1. The minimum absolute atomic E-state index is 0.0664. The van der Waals surface area contributed by atoms with Crippen LogP contribution in [0.3, 0.4) is 0 Å². The second kappa shape index (κ2) is 10.3. The van der Waals surface area contributed by atoms with Crippen LogP contribution in [-0.4, -0.2) is 38.3 Å². The highest BCUT2D eigenvalue weighted by Crippen LogP contribution is 2.27. The van der Waals surface area contributed by atoms with Gasteiger partial charge in [0.2, 0.25) is 15.9 Å². The van der Waals surface area contributed by atoms with Gasteiger partial charge in [0.05, 0.1) is 11.6 Å². The van der Waals surface area contributed by atoms with E-state index in [-0.39, 0.29) is 39.9 Å². The summed E-state index contributed by atoms with van der Waals surface area (Å²) in [5, 5.41) is 3.08. The van der Waals surface area contributed by atoms with Crippen molar-refractivity contribution in [1.29, 1.82) is 0 Å². The molecular weight excluding hydrogens is 419 g/mol. The fourth-order valence-corrected chi connectivity index (χ4v) is 4.66. The van der Waals surface area contributed by atoms with Crippen molar-refractivity contribution in [2.24, 2.45) is 5.92 Å². The van der Waals surface area contributed by atoms with E-state index in [0.29, 0.717) is 13.0 Å². The molecule has 5 nitrogen and oxygen atoms in total. The number of sulfonamides is 1. The van der Waals surface area contributed by atoms with Gasteiger partial charge in [0.1, 0.15) is 4.90 Å². The quantitative estimate of drug-likeness (QED) is 0.637. The summed E-state index contributed by atoms with van der Waals surface area (Å²) in [5.41, 5.74) is 0.975. The third-order valence-corrected chi connectivity index (χ3v) is 6.59. The van der Waals surface area contributed by atoms with E-state index >= 15 is 0 Å². The molecule has 2 rings (SSSR count). The average molecular weight is 443 g/mol. The van der Waals surface area contributed by atoms with Crippen LogP contribution < -0.4 is 5.32 Å². The second-order valence-corrected chi connectivity index (χ2v) is 9.60. The van der Waals surface area contributed by atoms with E-state index in [1.165, 1.54) is 18.2 Å². The number of nitrogens with one attached hydrogen (secondary N) is 1. The summed E-state index contributed by atoms with van der Waals surface area (Å²) in [4.78, 5) is 12.2. The summed E-state index contributed by atoms with van der Waals surface area (Å²) in [6.45, 7) is 4.27. The smallest absolute Gasteiger partial charge is 0.245 e. The molecule has 0 aliphatic rings. The molecule has 152 valence electrons. The Morgan fingerprint density at radius 1 is 1.11 bits per heavy atom. The summed E-state index contributed by atoms with van der Waals surface area (Å²) in [6, 6.07) is 13.8. The Kier molecular flexibility index (Phi) is 8.31. The molecule has 2 aromatic carbocycles. The zero-order chi connectivity index (χ0) is 20.7. The topological polar surface area (TPSA) is 66.5 Å². The van der Waals surface area contributed by atoms with Crippen LogP contribution in [0.1, 0.15) is 19.4 Å². The molecule has 28 heavy (non-hydrogen) atoms. The van der Waals surface area contributed by atoms with E-state index in [2.05, 4.69) is 5.32 Å². The van der Waals surface area contributed by atoms with Crippen LogP contribution in [0.2, 0.25) is 10.0 Å². The molecule has 0 heterocycles. The van der Waals surface area contributed by atoms with Crippen molar-refractivity contribution in [2.75, 3.05) is 19.6 Å². The number of hydrogen-bond acceptors (Lipinski definition) is 3. The van der Waals surface area contributed by atoms with Gasteiger partial charge in [-0.15, -0.1) is 0 Å². The monoisotopic (exact) mass is 442 g/mol. The van der Waals surface area contributed by atoms with Crippen molar-refractivity contribution in [1.82, 2.24) is 9.62 Å². The normalized spacial score (nSPS) is 11.8. The van der Waals surface area contributed by atoms with E-state index in [4.69, 9.17) is 23.2 Å². The molecule has 0 bridgehead atoms. The van der Waals surface area contributed by atoms with E-state index in [1.54, 1.807) is 0 Å². The predicted octanol–water partition coefficient (Wildman–Crippen LogP) is 4.00. The van der Waals surface area contributed by atoms with Crippen LogP contribution in [-0.2, 0) is 21.2 Å². The Labute approximate surface area is 176 Å². The van der Waals surface area contributed by atoms with Crippen molar-refractivity contribution in [3.8, 4) is 0 Å². The molecule has 2 aromatic rings. The number of amides is 1. The SMILES string of the molecule is CC(C)CNC(=O)CN(CCc1ccccc1)S(=O)(=O)c1cc(Cl)ccc1Cl. The summed E-state index contributed by atoms with van der Waals surface area (Å²) in [7, 11) is -4.00. The van der Waals surface area contributed by atoms with Gasteiger partial charge < -0.3 is 5.32 Å². The average Bonchev–Trinajstić information content (AvgIpc) is 2.66. The zero-order valence-electron chi connectivity index (χ0n) is 15.9. The Hall–Kier alpha value is -1.60. The highest BCUT2D eigenvalue weighted by molar-refractivity contribution is 7.89. The van der Waals surface area contributed by atoms with Gasteiger partial charge in [-0.25, -0.2) is 8.42 Å². The molecule has 0 spiro atoms. The molecule has 0 aliphatic carbocycles. The van der Waals surface area contributed by atoms with E-state index in [0.717, 1.165) is 9.87 Å². The molecule has 0 aromatic heterocycles. The highest BCUT2D eigenvalue weighted by Gasteiger charge is 2.28. The van der Waals surface area contributed by atoms with E-state index < -0.39 is 10.0 Å². The van der Waals surface area contributed by atoms with Gasteiger partial charge in [0, 0.05) is 18.1 Å². The van der Waals surface area contributed by atoms with Crippen molar-refractivity contribution < 1.29 is 13.2 Å². The van der Waals surface area contributed by atoms with Crippen molar-refractivity contribution >= 4 is 39.1 Å². The number of benzene rings is 2. The van der Waals surface area contributed by atoms with Crippen LogP contribution >= 0.6 is 23.2 Å². The molecule has 0 atom stereocenters. The largest absolute Gasteiger partial charge is 0.355 e. The number of halogens is 2. The minimum atomic E-state index is -4.00. The summed E-state index contributed by atoms with van der Waals surface area (Å²) in [6.07, 6.45) is 0.468. The highest BCUT2D eigenvalue weighted by atomic mass is 35.5. The third-order valence-electron chi connectivity index (χ3n) is 4.03. The Morgan fingerprint density at radius 2 is 1.79 bits per heavy atom. The second-order valence-electron chi connectivity index (χ2n) is 6.85. The van der Waals surface area contributed by atoms with E-state index in [1.807, 2.05) is 44.2 Å². The molecule has 0 saturated heterocycles. The van der Waals surface area contributed by atoms with Gasteiger partial charge in [-0.2, -0.15) is 4.31 Å². The molecule has 1 N–H and O–H groups in total. The Morgan fingerprint density at radius 3 is 2.43 bits per heavy atom. The van der Waals surface area contributed by atoms with Crippen LogP contribution in [0, 0.1) is 5.92 Å². The van der Waals surface area contributed by atoms with Gasteiger partial charge in [0.15, 0.2) is 0 Å². The Balaban J connectivity index is 2.27. The maximum absolute atomic E-state index is 13.2. The molecule has 0 unspecified atom stereocenters. The number of nitrogens with zero attached hydrogens (tertiary/aromatic N) is 1. The molecule has 8 heteroatoms. The number of carbonyl (C=O) groups excluding carboxylic acids is 1. The summed E-state index contributed by atoms with van der Waals surface area (Å²) < 4.78 is 27.6. The van der Waals surface area contributed by atoms with Gasteiger partial charge in [0.25, 0.3) is 0 Å². The third kappa shape index (κ3) is 6.48. The predicted molar refractivity (Wildman–Crippen MR) is 113 cm³/mol. The van der Waals surface area contributed by atoms with Crippen molar-refractivity contribution in [3.05, 3.63) is 64.1 Å². The zero-order valence-corrected chi connectivity index (χ0v) is 18.2. The molecule has 0 radical (unpaired) electrons. The molecule has 0 fully saturated rings. The summed E-state index contributed by atoms with van der Waals surface area (Å²) >= 11 is 12.1. The van der Waals surface area contributed by atoms with Gasteiger partial charge in [-0.1, -0.05) is 67.4 Å². The lowest BCUT2D eigenvalue weighted by Gasteiger charge is -2.23. The fraction of sp³-hybridized carbons (Fsp3) is 0.350. The van der Waals surface area contributed by atoms with Crippen LogP contribution in [0.5, 0.6) is 0 Å². The van der Waals surface area contributed by atoms with Crippen LogP contribution in [0.25, 0.3) is 0 Å². The lowest BCUT2D eigenvalue weighted by Crippen LogP contribution is -2.42. The van der Waals surface area contributed by atoms with Gasteiger partial charge >= 0.3 is 0 Å². The number of carbonyl (C=O) groups is 1. The van der Waals surface area contributed by atoms with Gasteiger partial charge in [-0.3, -0.25) is 4.79 Å². The van der Waals surface area contributed by atoms with Crippen molar-refractivity contribution in [2.45, 2.75) is 25.2 Å². The summed E-state index contributed by atoms with van der Waals surface area (Å²) in [5.74, 6) is -0.0933. The maximum Gasteiger partial charge on any atom is 0.245 e. The molecule has 1 amide bonds. The first-order valence-corrected chi connectivity index (χ1v) is 11.2. The molecule has 0 aliphatic heterocycles. The van der Waals surface area contributed by atoms with Gasteiger partial charge in [-0.05, 0) is 36.1 Å². The fourth-order valence-electron chi connectivity index (χ4n) is 2.53. The first kappa shape index (κ1) is 22.7. The van der Waals surface area contributed by atoms with E-state index in [9.17, 15) is 13.2 Å². The first-order valence-electron chi connectivity index (χ1n) is 8.96. The standard InChI is InChI=1S/C20H24Cl2N2O3S/c1-15(2)13-23-20(25)14-24(11-10-16-6-4-3-5-7-16)28(26,27)19-12-17(21)8-9-18(19)22/h3-9,12,15H,10-11,13-14H2,1-2H3,(H,23,25). The molecule has 0 saturated carbocycles. The Bertz CT molecular complexity index is 903. The maximum atomic E-state index is 13.2. The first-order chi connectivity index (χ1) is 13.2. The lowest BCUT2D eigenvalue weighted by molar-refractivity contribution is -0.121. The minimum Gasteiger partial charge on any atom is -0.355 e. The molecular formula is C20H24Cl2N2O3S. The van der Waals surface area contributed by atoms with Crippen LogP contribution in [0.15, 0.2) is 53.4 Å². The number of rotatable bonds is 9.